The molecule has 0 aromatic rings. The van der Waals surface area contributed by atoms with Crippen molar-refractivity contribution in [3.05, 3.63) is 11.8 Å². The van der Waals surface area contributed by atoms with Crippen molar-refractivity contribution in [1.82, 2.24) is 4.90 Å². The number of carbonyl (C=O) groups excluding carboxylic acids is 1. The molecule has 4 heteroatoms. The van der Waals surface area contributed by atoms with Crippen LogP contribution in [0.4, 0.5) is 4.79 Å². The van der Waals surface area contributed by atoms with Crippen LogP contribution in [0.5, 0.6) is 0 Å². The summed E-state index contributed by atoms with van der Waals surface area (Å²) in [5.74, 6) is 0.287. The molecule has 1 aliphatic carbocycles. The molecule has 2 aliphatic rings. The van der Waals surface area contributed by atoms with Crippen LogP contribution in [-0.4, -0.2) is 34.8 Å². The molecule has 1 N–H and O–H groups in total. The molecule has 1 aliphatic heterocycles. The Kier molecular flexibility index (Phi) is 2.40. The van der Waals surface area contributed by atoms with E-state index in [-0.39, 0.29) is 23.8 Å². The van der Waals surface area contributed by atoms with E-state index in [4.69, 9.17) is 4.74 Å². The van der Waals surface area contributed by atoms with Crippen LogP contribution in [0.15, 0.2) is 11.8 Å². The molecular formula is C12H19NO3. The van der Waals surface area contributed by atoms with Crippen molar-refractivity contribution in [2.75, 3.05) is 13.1 Å². The zero-order valence-corrected chi connectivity index (χ0v) is 10.1. The van der Waals surface area contributed by atoms with E-state index in [1.54, 1.807) is 4.90 Å². The van der Waals surface area contributed by atoms with Gasteiger partial charge in [-0.1, -0.05) is 0 Å². The van der Waals surface area contributed by atoms with Gasteiger partial charge in [-0.2, -0.15) is 0 Å². The SMILES string of the molecule is CC(C)(C)OC(=O)N1CC(O)=CC2(CC2)C1. The first-order valence-corrected chi connectivity index (χ1v) is 5.68. The number of aliphatic hydroxyl groups excluding tert-OH is 1. The Bertz CT molecular complexity index is 337. The average Bonchev–Trinajstić information content (AvgIpc) is 2.80. The van der Waals surface area contributed by atoms with E-state index in [0.717, 1.165) is 12.8 Å². The second kappa shape index (κ2) is 3.40. The van der Waals surface area contributed by atoms with Crippen LogP contribution >= 0.6 is 0 Å². The molecule has 1 heterocycles. The molecular weight excluding hydrogens is 206 g/mol. The molecule has 4 nitrogen and oxygen atoms in total. The molecule has 0 unspecified atom stereocenters. The fraction of sp³-hybridized carbons (Fsp3) is 0.750. The number of amides is 1. The highest BCUT2D eigenvalue weighted by Crippen LogP contribution is 2.50. The molecule has 0 saturated heterocycles. The first-order chi connectivity index (χ1) is 7.30. The molecule has 0 atom stereocenters. The monoisotopic (exact) mass is 225 g/mol. The lowest BCUT2D eigenvalue weighted by Gasteiger charge is -2.32. The lowest BCUT2D eigenvalue weighted by molar-refractivity contribution is 0.0201. The maximum absolute atomic E-state index is 11.8. The summed E-state index contributed by atoms with van der Waals surface area (Å²) in [6.07, 6.45) is 3.67. The molecule has 2 rings (SSSR count). The van der Waals surface area contributed by atoms with E-state index in [9.17, 15) is 9.90 Å². The zero-order chi connectivity index (χ0) is 12.0. The van der Waals surface area contributed by atoms with Crippen LogP contribution < -0.4 is 0 Å². The van der Waals surface area contributed by atoms with Crippen molar-refractivity contribution >= 4 is 6.09 Å². The van der Waals surface area contributed by atoms with Crippen LogP contribution in [0.3, 0.4) is 0 Å². The molecule has 0 bridgehead atoms. The smallest absolute Gasteiger partial charge is 0.410 e. The topological polar surface area (TPSA) is 49.8 Å². The lowest BCUT2D eigenvalue weighted by Crippen LogP contribution is -2.43. The summed E-state index contributed by atoms with van der Waals surface area (Å²) in [6.45, 7) is 6.48. The van der Waals surface area contributed by atoms with E-state index >= 15 is 0 Å². The molecule has 0 aromatic carbocycles. The van der Waals surface area contributed by atoms with Crippen LogP contribution in [0.25, 0.3) is 0 Å². The van der Waals surface area contributed by atoms with Gasteiger partial charge in [-0.3, -0.25) is 4.90 Å². The summed E-state index contributed by atoms with van der Waals surface area (Å²) in [5.41, 5.74) is -0.441. The minimum atomic E-state index is -0.482. The number of aliphatic hydroxyl groups is 1. The Hall–Kier alpha value is -1.19. The largest absolute Gasteiger partial charge is 0.511 e. The summed E-state index contributed by atoms with van der Waals surface area (Å²) in [5, 5.41) is 9.61. The maximum atomic E-state index is 11.8. The number of rotatable bonds is 0. The number of nitrogens with zero attached hydrogens (tertiary/aromatic N) is 1. The highest BCUT2D eigenvalue weighted by Gasteiger charge is 2.46. The quantitative estimate of drug-likeness (QED) is 0.689. The van der Waals surface area contributed by atoms with E-state index in [1.165, 1.54) is 0 Å². The van der Waals surface area contributed by atoms with Gasteiger partial charge in [0.1, 0.15) is 11.4 Å². The fourth-order valence-corrected chi connectivity index (χ4v) is 1.99. The minimum absolute atomic E-state index is 0.0409. The van der Waals surface area contributed by atoms with Gasteiger partial charge in [-0.25, -0.2) is 4.79 Å². The number of ether oxygens (including phenoxy) is 1. The molecule has 0 radical (unpaired) electrons. The second-order valence-corrected chi connectivity index (χ2v) is 5.83. The molecule has 1 spiro atoms. The summed E-state index contributed by atoms with van der Waals surface area (Å²) >= 11 is 0. The summed E-state index contributed by atoms with van der Waals surface area (Å²) < 4.78 is 5.30. The van der Waals surface area contributed by atoms with Crippen molar-refractivity contribution in [3.63, 3.8) is 0 Å². The van der Waals surface area contributed by atoms with Crippen molar-refractivity contribution in [2.24, 2.45) is 5.41 Å². The van der Waals surface area contributed by atoms with Gasteiger partial charge in [0.2, 0.25) is 0 Å². The first-order valence-electron chi connectivity index (χ1n) is 5.68. The number of hydrogen-bond acceptors (Lipinski definition) is 3. The maximum Gasteiger partial charge on any atom is 0.410 e. The average molecular weight is 225 g/mol. The first kappa shape index (κ1) is 11.3. The summed E-state index contributed by atoms with van der Waals surface area (Å²) in [7, 11) is 0. The van der Waals surface area contributed by atoms with Gasteiger partial charge in [0, 0.05) is 12.0 Å². The van der Waals surface area contributed by atoms with E-state index in [1.807, 2.05) is 26.8 Å². The fourth-order valence-electron chi connectivity index (χ4n) is 1.99. The molecule has 1 amide bonds. The van der Waals surface area contributed by atoms with E-state index < -0.39 is 5.60 Å². The molecule has 1 fully saturated rings. The van der Waals surface area contributed by atoms with Crippen molar-refractivity contribution in [1.29, 1.82) is 0 Å². The normalized spacial score (nSPS) is 22.9. The van der Waals surface area contributed by atoms with Crippen molar-refractivity contribution in [3.8, 4) is 0 Å². The molecule has 90 valence electrons. The van der Waals surface area contributed by atoms with Gasteiger partial charge in [-0.15, -0.1) is 0 Å². The Balaban J connectivity index is 2.01. The summed E-state index contributed by atoms with van der Waals surface area (Å²) in [4.78, 5) is 13.4. The van der Waals surface area contributed by atoms with Gasteiger partial charge in [0.25, 0.3) is 0 Å². The Morgan fingerprint density at radius 1 is 1.50 bits per heavy atom. The molecule has 16 heavy (non-hydrogen) atoms. The third-order valence-corrected chi connectivity index (χ3v) is 2.88. The van der Waals surface area contributed by atoms with E-state index in [0.29, 0.717) is 6.54 Å². The predicted molar refractivity (Wildman–Crippen MR) is 60.2 cm³/mol. The minimum Gasteiger partial charge on any atom is -0.511 e. The van der Waals surface area contributed by atoms with Gasteiger partial charge in [0.05, 0.1) is 6.54 Å². The molecule has 0 aromatic heterocycles. The van der Waals surface area contributed by atoms with E-state index in [2.05, 4.69) is 0 Å². The van der Waals surface area contributed by atoms with Crippen LogP contribution in [0.1, 0.15) is 33.6 Å². The zero-order valence-electron chi connectivity index (χ0n) is 10.1. The highest BCUT2D eigenvalue weighted by molar-refractivity contribution is 5.69. The Morgan fingerprint density at radius 2 is 2.12 bits per heavy atom. The van der Waals surface area contributed by atoms with Gasteiger partial charge >= 0.3 is 6.09 Å². The lowest BCUT2D eigenvalue weighted by atomic mass is 10.0. The predicted octanol–water partition coefficient (Wildman–Crippen LogP) is 2.46. The third-order valence-electron chi connectivity index (χ3n) is 2.88. The molecule has 1 saturated carbocycles. The standard InChI is InChI=1S/C12H19NO3/c1-11(2,3)16-10(15)13-7-9(14)6-12(8-13)4-5-12/h6,14H,4-5,7-8H2,1-3H3. The van der Waals surface area contributed by atoms with Crippen LogP contribution in [0.2, 0.25) is 0 Å². The van der Waals surface area contributed by atoms with Crippen molar-refractivity contribution < 1.29 is 14.6 Å². The van der Waals surface area contributed by atoms with Crippen LogP contribution in [0, 0.1) is 5.41 Å². The summed E-state index contributed by atoms with van der Waals surface area (Å²) in [6, 6.07) is 0. The van der Waals surface area contributed by atoms with Gasteiger partial charge < -0.3 is 9.84 Å². The number of carbonyl (C=O) groups is 1. The van der Waals surface area contributed by atoms with Crippen molar-refractivity contribution in [2.45, 2.75) is 39.2 Å². The van der Waals surface area contributed by atoms with Gasteiger partial charge in [0.15, 0.2) is 0 Å². The highest BCUT2D eigenvalue weighted by atomic mass is 16.6. The second-order valence-electron chi connectivity index (χ2n) is 5.83. The van der Waals surface area contributed by atoms with Gasteiger partial charge in [-0.05, 0) is 39.7 Å². The Morgan fingerprint density at radius 3 is 2.62 bits per heavy atom. The Labute approximate surface area is 95.9 Å². The number of hydrogen-bond donors (Lipinski definition) is 1. The van der Waals surface area contributed by atoms with Crippen LogP contribution in [-0.2, 0) is 4.74 Å². The third kappa shape index (κ3) is 2.49.